The van der Waals surface area contributed by atoms with E-state index in [4.69, 9.17) is 29.4 Å². The van der Waals surface area contributed by atoms with E-state index in [1.807, 2.05) is 0 Å². The number of benzene rings is 2. The first-order valence-electron chi connectivity index (χ1n) is 10.4. The third kappa shape index (κ3) is 6.33. The number of nitrogens with two attached hydrogens (primary N) is 1. The Morgan fingerprint density at radius 3 is 2.18 bits per heavy atom. The highest BCUT2D eigenvalue weighted by Gasteiger charge is 2.39. The molecule has 2 atom stereocenters. The molecule has 180 valence electrons. The smallest absolute Gasteiger partial charge is 0.318 e. The summed E-state index contributed by atoms with van der Waals surface area (Å²) >= 11 is 1.41. The third-order valence-corrected chi connectivity index (χ3v) is 6.33. The molecule has 2 aromatic rings. The highest BCUT2D eigenvalue weighted by Crippen LogP contribution is 2.42. The second-order valence-electron chi connectivity index (χ2n) is 6.85. The van der Waals surface area contributed by atoms with Gasteiger partial charge in [0.25, 0.3) is 0 Å². The number of hydrogen-bond donors (Lipinski definition) is 1. The van der Waals surface area contributed by atoms with Gasteiger partial charge < -0.3 is 29.4 Å². The maximum atomic E-state index is 13.8. The molecule has 2 rings (SSSR count). The quantitative estimate of drug-likeness (QED) is 0.263. The number of hydrogen-bond acceptors (Lipinski definition) is 9. The zero-order chi connectivity index (χ0) is 24.4. The third-order valence-electron chi connectivity index (χ3n) is 4.95. The maximum absolute atomic E-state index is 13.8. The summed E-state index contributed by atoms with van der Waals surface area (Å²) < 4.78 is 26.7. The number of Topliss-reactive ketones (excluding diaryl/α,β-unsaturated/α-hetero) is 1. The van der Waals surface area contributed by atoms with Crippen molar-refractivity contribution in [3.05, 3.63) is 47.5 Å². The van der Waals surface area contributed by atoms with Crippen LogP contribution in [0.5, 0.6) is 23.0 Å². The molecule has 0 spiro atoms. The lowest BCUT2D eigenvalue weighted by Crippen LogP contribution is -2.31. The van der Waals surface area contributed by atoms with Crippen LogP contribution in [0.3, 0.4) is 0 Å². The fraction of sp³-hybridized carbons (Fsp3) is 0.417. The topological polar surface area (TPSA) is 106 Å². The number of carbonyl (C=O) groups excluding carboxylic acids is 2. The van der Waals surface area contributed by atoms with Gasteiger partial charge in [0.15, 0.2) is 17.3 Å². The summed E-state index contributed by atoms with van der Waals surface area (Å²) in [6, 6.07) is 10.2. The van der Waals surface area contributed by atoms with Crippen molar-refractivity contribution in [1.29, 1.82) is 0 Å². The van der Waals surface area contributed by atoms with Crippen molar-refractivity contribution in [2.45, 2.75) is 12.2 Å². The van der Waals surface area contributed by atoms with Gasteiger partial charge in [0.2, 0.25) is 0 Å². The van der Waals surface area contributed by atoms with Crippen molar-refractivity contribution in [1.82, 2.24) is 0 Å². The number of ether oxygens (including phenoxy) is 5. The molecular weight excluding hydrogens is 446 g/mol. The van der Waals surface area contributed by atoms with Crippen molar-refractivity contribution in [2.24, 2.45) is 11.7 Å². The Bertz CT molecular complexity index is 950. The van der Waals surface area contributed by atoms with E-state index < -0.39 is 22.9 Å². The molecule has 0 aliphatic carbocycles. The second-order valence-corrected chi connectivity index (χ2v) is 8.10. The predicted octanol–water partition coefficient (Wildman–Crippen LogP) is 3.52. The zero-order valence-electron chi connectivity index (χ0n) is 19.6. The summed E-state index contributed by atoms with van der Waals surface area (Å²) in [5.74, 6) is 0.226. The second kappa shape index (κ2) is 13.0. The zero-order valence-corrected chi connectivity index (χ0v) is 20.4. The van der Waals surface area contributed by atoms with Gasteiger partial charge in [-0.25, -0.2) is 0 Å². The van der Waals surface area contributed by atoms with Crippen molar-refractivity contribution in [2.75, 3.05) is 47.3 Å². The molecular formula is C24H31NO7S. The van der Waals surface area contributed by atoms with E-state index in [9.17, 15) is 9.59 Å². The van der Waals surface area contributed by atoms with Gasteiger partial charge in [-0.05, 0) is 36.8 Å². The first-order valence-corrected chi connectivity index (χ1v) is 11.5. The minimum Gasteiger partial charge on any atom is -0.497 e. The van der Waals surface area contributed by atoms with E-state index in [0.717, 1.165) is 0 Å². The summed E-state index contributed by atoms with van der Waals surface area (Å²) in [6.45, 7) is 2.22. The summed E-state index contributed by atoms with van der Waals surface area (Å²) in [4.78, 5) is 26.9. The van der Waals surface area contributed by atoms with Crippen LogP contribution in [0.4, 0.5) is 0 Å². The molecule has 0 aliphatic heterocycles. The van der Waals surface area contributed by atoms with E-state index in [1.54, 1.807) is 50.4 Å². The van der Waals surface area contributed by atoms with E-state index in [2.05, 4.69) is 0 Å². The first-order chi connectivity index (χ1) is 15.9. The number of rotatable bonds is 13. The Hall–Kier alpha value is -2.91. The standard InChI is InChI=1S/C24H31NO7S/c1-6-32-24(27)21(22(26)17-9-8-16(28-2)14-19(17)30-4)23(33-12-11-25)15-7-10-18(29-3)20(13-15)31-5/h7-10,13-14,21,23H,6,11-12,25H2,1-5H3. The Labute approximate surface area is 198 Å². The van der Waals surface area contributed by atoms with E-state index >= 15 is 0 Å². The number of carbonyl (C=O) groups is 2. The van der Waals surface area contributed by atoms with Crippen LogP contribution in [0.25, 0.3) is 0 Å². The first kappa shape index (κ1) is 26.3. The van der Waals surface area contributed by atoms with Crippen molar-refractivity contribution in [3.63, 3.8) is 0 Å². The molecule has 2 N–H and O–H groups in total. The molecule has 33 heavy (non-hydrogen) atoms. The van der Waals surface area contributed by atoms with Crippen LogP contribution < -0.4 is 24.7 Å². The molecule has 9 heteroatoms. The van der Waals surface area contributed by atoms with E-state index in [-0.39, 0.29) is 12.2 Å². The molecule has 0 amide bonds. The maximum Gasteiger partial charge on any atom is 0.318 e. The molecule has 0 aromatic heterocycles. The summed E-state index contributed by atoms with van der Waals surface area (Å²) in [5, 5.41) is -0.577. The van der Waals surface area contributed by atoms with Crippen LogP contribution in [0, 0.1) is 5.92 Å². The van der Waals surface area contributed by atoms with Gasteiger partial charge in [-0.2, -0.15) is 11.8 Å². The lowest BCUT2D eigenvalue weighted by molar-refractivity contribution is -0.146. The molecule has 0 radical (unpaired) electrons. The summed E-state index contributed by atoms with van der Waals surface area (Å²) in [5.41, 5.74) is 6.73. The van der Waals surface area contributed by atoms with Crippen LogP contribution in [-0.2, 0) is 9.53 Å². The highest BCUT2D eigenvalue weighted by atomic mass is 32.2. The molecule has 0 saturated heterocycles. The average molecular weight is 478 g/mol. The molecule has 0 saturated carbocycles. The van der Waals surface area contributed by atoms with Crippen molar-refractivity contribution >= 4 is 23.5 Å². The highest BCUT2D eigenvalue weighted by molar-refractivity contribution is 7.99. The van der Waals surface area contributed by atoms with Gasteiger partial charge >= 0.3 is 5.97 Å². The monoisotopic (exact) mass is 477 g/mol. The van der Waals surface area contributed by atoms with Crippen molar-refractivity contribution in [3.8, 4) is 23.0 Å². The molecule has 0 heterocycles. The molecule has 0 fully saturated rings. The largest absolute Gasteiger partial charge is 0.497 e. The Morgan fingerprint density at radius 2 is 1.61 bits per heavy atom. The summed E-state index contributed by atoms with van der Waals surface area (Å²) in [7, 11) is 6.05. The molecule has 0 aliphatic rings. The Kier molecular flexibility index (Phi) is 10.3. The SMILES string of the molecule is CCOC(=O)C(C(=O)c1ccc(OC)cc1OC)C(SCCN)c1ccc(OC)c(OC)c1. The van der Waals surface area contributed by atoms with E-state index in [1.165, 1.54) is 33.1 Å². The normalized spacial score (nSPS) is 12.4. The van der Waals surface area contributed by atoms with Crippen LogP contribution in [0.2, 0.25) is 0 Å². The Balaban J connectivity index is 2.62. The minimum atomic E-state index is -1.14. The molecule has 2 unspecified atom stereocenters. The van der Waals surface area contributed by atoms with Crippen LogP contribution in [-0.4, -0.2) is 59.1 Å². The Morgan fingerprint density at radius 1 is 0.909 bits per heavy atom. The van der Waals surface area contributed by atoms with Gasteiger partial charge in [0.1, 0.15) is 17.4 Å². The lowest BCUT2D eigenvalue weighted by atomic mass is 9.90. The van der Waals surface area contributed by atoms with E-state index in [0.29, 0.717) is 40.9 Å². The van der Waals surface area contributed by atoms with Crippen molar-refractivity contribution < 1.29 is 33.3 Å². The van der Waals surface area contributed by atoms with Gasteiger partial charge in [-0.1, -0.05) is 6.07 Å². The van der Waals surface area contributed by atoms with Gasteiger partial charge in [-0.15, -0.1) is 0 Å². The number of ketones is 1. The lowest BCUT2D eigenvalue weighted by Gasteiger charge is -2.26. The van der Waals surface area contributed by atoms with Crippen LogP contribution in [0.15, 0.2) is 36.4 Å². The van der Waals surface area contributed by atoms with Crippen LogP contribution >= 0.6 is 11.8 Å². The fourth-order valence-corrected chi connectivity index (χ4v) is 4.54. The summed E-state index contributed by atoms with van der Waals surface area (Å²) in [6.07, 6.45) is 0. The molecule has 2 aromatic carbocycles. The van der Waals surface area contributed by atoms with Crippen LogP contribution in [0.1, 0.15) is 28.1 Å². The minimum absolute atomic E-state index is 0.141. The number of thioether (sulfide) groups is 1. The number of esters is 1. The fourth-order valence-electron chi connectivity index (χ4n) is 3.38. The van der Waals surface area contributed by atoms with Gasteiger partial charge in [0, 0.05) is 18.4 Å². The number of methoxy groups -OCH3 is 4. The molecule has 0 bridgehead atoms. The average Bonchev–Trinajstić information content (AvgIpc) is 2.85. The molecule has 8 nitrogen and oxygen atoms in total. The predicted molar refractivity (Wildman–Crippen MR) is 128 cm³/mol. The van der Waals surface area contributed by atoms with Gasteiger partial charge in [0.05, 0.1) is 45.9 Å². The van der Waals surface area contributed by atoms with Gasteiger partial charge in [-0.3, -0.25) is 9.59 Å².